The molecule has 1 aliphatic heterocycles. The summed E-state index contributed by atoms with van der Waals surface area (Å²) < 4.78 is 32.1. The van der Waals surface area contributed by atoms with Crippen molar-refractivity contribution in [2.45, 2.75) is 30.7 Å². The highest BCUT2D eigenvalue weighted by Crippen LogP contribution is 2.29. The first-order valence-electron chi connectivity index (χ1n) is 6.86. The molecule has 0 unspecified atom stereocenters. The molecule has 0 aliphatic carbocycles. The standard InChI is InChI=1S/C14H22N2O3S/c1-11-4-3-9-16(14(11)10-15)20(17,18)13-7-5-12(19-2)6-8-13/h5-8,11,14H,3-4,9-10,15H2,1-2H3/t11-,14-/m1/s1. The first-order valence-corrected chi connectivity index (χ1v) is 8.30. The van der Waals surface area contributed by atoms with Gasteiger partial charge in [0.2, 0.25) is 10.0 Å². The number of ether oxygens (including phenoxy) is 1. The van der Waals surface area contributed by atoms with E-state index in [-0.39, 0.29) is 6.04 Å². The van der Waals surface area contributed by atoms with E-state index < -0.39 is 10.0 Å². The third-order valence-corrected chi connectivity index (χ3v) is 5.91. The Balaban J connectivity index is 2.32. The number of hydrogen-bond donors (Lipinski definition) is 1. The molecule has 112 valence electrons. The molecule has 1 heterocycles. The third-order valence-electron chi connectivity index (χ3n) is 3.97. The van der Waals surface area contributed by atoms with Gasteiger partial charge >= 0.3 is 0 Å². The third kappa shape index (κ3) is 2.82. The fraction of sp³-hybridized carbons (Fsp3) is 0.571. The topological polar surface area (TPSA) is 72.6 Å². The molecule has 0 bridgehead atoms. The second-order valence-electron chi connectivity index (χ2n) is 5.21. The van der Waals surface area contributed by atoms with Crippen LogP contribution in [0.1, 0.15) is 19.8 Å². The lowest BCUT2D eigenvalue weighted by molar-refractivity contribution is 0.192. The van der Waals surface area contributed by atoms with Crippen molar-refractivity contribution in [1.82, 2.24) is 4.31 Å². The van der Waals surface area contributed by atoms with Gasteiger partial charge in [-0.05, 0) is 43.0 Å². The van der Waals surface area contributed by atoms with Crippen molar-refractivity contribution < 1.29 is 13.2 Å². The van der Waals surface area contributed by atoms with E-state index in [0.29, 0.717) is 29.7 Å². The molecule has 0 amide bonds. The Bertz CT molecular complexity index is 542. The molecule has 1 aromatic rings. The molecule has 0 aromatic heterocycles. The molecule has 6 heteroatoms. The van der Waals surface area contributed by atoms with E-state index in [1.807, 2.05) is 0 Å². The second-order valence-corrected chi connectivity index (χ2v) is 7.10. The van der Waals surface area contributed by atoms with E-state index in [4.69, 9.17) is 10.5 Å². The number of benzene rings is 1. The quantitative estimate of drug-likeness (QED) is 0.913. The normalized spacial score (nSPS) is 24.6. The molecule has 20 heavy (non-hydrogen) atoms. The predicted octanol–water partition coefficient (Wildman–Crippen LogP) is 1.44. The summed E-state index contributed by atoms with van der Waals surface area (Å²) in [5, 5.41) is 0. The van der Waals surface area contributed by atoms with Gasteiger partial charge < -0.3 is 10.5 Å². The highest BCUT2D eigenvalue weighted by molar-refractivity contribution is 7.89. The Morgan fingerprint density at radius 1 is 1.35 bits per heavy atom. The maximum Gasteiger partial charge on any atom is 0.243 e. The molecule has 1 saturated heterocycles. The summed E-state index contributed by atoms with van der Waals surface area (Å²) in [7, 11) is -1.93. The Kier molecular flexibility index (Phi) is 4.67. The van der Waals surface area contributed by atoms with Crippen LogP contribution < -0.4 is 10.5 Å². The maximum absolute atomic E-state index is 12.7. The van der Waals surface area contributed by atoms with Crippen molar-refractivity contribution in [2.75, 3.05) is 20.2 Å². The number of sulfonamides is 1. The number of piperidine rings is 1. The largest absolute Gasteiger partial charge is 0.497 e. The number of methoxy groups -OCH3 is 1. The van der Waals surface area contributed by atoms with Crippen LogP contribution in [0.15, 0.2) is 29.2 Å². The molecule has 2 atom stereocenters. The van der Waals surface area contributed by atoms with E-state index in [1.165, 1.54) is 0 Å². The van der Waals surface area contributed by atoms with E-state index >= 15 is 0 Å². The van der Waals surface area contributed by atoms with Gasteiger partial charge in [0.1, 0.15) is 5.75 Å². The van der Waals surface area contributed by atoms with Gasteiger partial charge in [0.25, 0.3) is 0 Å². The van der Waals surface area contributed by atoms with Crippen LogP contribution in [-0.2, 0) is 10.0 Å². The lowest BCUT2D eigenvalue weighted by Crippen LogP contribution is -2.51. The Morgan fingerprint density at radius 2 is 2.00 bits per heavy atom. The SMILES string of the molecule is COc1ccc(S(=O)(=O)N2CCC[C@@H](C)[C@H]2CN)cc1. The molecule has 5 nitrogen and oxygen atoms in total. The van der Waals surface area contributed by atoms with Crippen molar-refractivity contribution in [2.24, 2.45) is 11.7 Å². The lowest BCUT2D eigenvalue weighted by Gasteiger charge is -2.38. The second kappa shape index (κ2) is 6.11. The molecule has 0 radical (unpaired) electrons. The monoisotopic (exact) mass is 298 g/mol. The molecule has 1 fully saturated rings. The van der Waals surface area contributed by atoms with Gasteiger partial charge in [-0.3, -0.25) is 0 Å². The van der Waals surface area contributed by atoms with Gasteiger partial charge in [0.05, 0.1) is 12.0 Å². The average Bonchev–Trinajstić information content (AvgIpc) is 2.47. The predicted molar refractivity (Wildman–Crippen MR) is 78.1 cm³/mol. The zero-order valence-corrected chi connectivity index (χ0v) is 12.8. The number of nitrogens with zero attached hydrogens (tertiary/aromatic N) is 1. The molecular weight excluding hydrogens is 276 g/mol. The summed E-state index contributed by atoms with van der Waals surface area (Å²) in [5.41, 5.74) is 5.78. The minimum absolute atomic E-state index is 0.115. The zero-order valence-electron chi connectivity index (χ0n) is 12.0. The highest BCUT2D eigenvalue weighted by atomic mass is 32.2. The van der Waals surface area contributed by atoms with Gasteiger partial charge in [-0.25, -0.2) is 8.42 Å². The summed E-state index contributed by atoms with van der Waals surface area (Å²) in [4.78, 5) is 0.297. The number of hydrogen-bond acceptors (Lipinski definition) is 4. The Morgan fingerprint density at radius 3 is 2.55 bits per heavy atom. The highest BCUT2D eigenvalue weighted by Gasteiger charge is 2.36. The van der Waals surface area contributed by atoms with Gasteiger partial charge in [-0.1, -0.05) is 6.92 Å². The van der Waals surface area contributed by atoms with E-state index in [1.54, 1.807) is 35.7 Å². The molecule has 0 spiro atoms. The first kappa shape index (κ1) is 15.3. The molecule has 2 N–H and O–H groups in total. The van der Waals surface area contributed by atoms with Crippen molar-refractivity contribution in [3.63, 3.8) is 0 Å². The lowest BCUT2D eigenvalue weighted by atomic mass is 9.93. The Labute approximate surface area is 120 Å². The molecule has 0 saturated carbocycles. The first-order chi connectivity index (χ1) is 9.50. The molecule has 1 aliphatic rings. The average molecular weight is 298 g/mol. The van der Waals surface area contributed by atoms with E-state index in [2.05, 4.69) is 6.92 Å². The smallest absolute Gasteiger partial charge is 0.243 e. The maximum atomic E-state index is 12.7. The van der Waals surface area contributed by atoms with Crippen LogP contribution in [0.25, 0.3) is 0 Å². The molecule has 1 aromatic carbocycles. The summed E-state index contributed by atoms with van der Waals surface area (Å²) in [6.45, 7) is 2.96. The van der Waals surface area contributed by atoms with Crippen molar-refractivity contribution in [3.8, 4) is 5.75 Å². The summed E-state index contributed by atoms with van der Waals surface area (Å²) in [6, 6.07) is 6.38. The molecular formula is C14H22N2O3S. The van der Waals surface area contributed by atoms with Crippen LogP contribution in [-0.4, -0.2) is 39.0 Å². The van der Waals surface area contributed by atoms with E-state index in [0.717, 1.165) is 12.8 Å². The summed E-state index contributed by atoms with van der Waals surface area (Å²) in [5.74, 6) is 0.938. The van der Waals surface area contributed by atoms with Crippen molar-refractivity contribution >= 4 is 10.0 Å². The minimum Gasteiger partial charge on any atom is -0.497 e. The molecule has 2 rings (SSSR count). The van der Waals surface area contributed by atoms with Gasteiger partial charge in [-0.15, -0.1) is 0 Å². The van der Waals surface area contributed by atoms with Gasteiger partial charge in [0, 0.05) is 19.1 Å². The van der Waals surface area contributed by atoms with Crippen LogP contribution in [0.2, 0.25) is 0 Å². The number of nitrogens with two attached hydrogens (primary N) is 1. The number of rotatable bonds is 4. The van der Waals surface area contributed by atoms with Crippen molar-refractivity contribution in [1.29, 1.82) is 0 Å². The summed E-state index contributed by atoms with van der Waals surface area (Å²) in [6.07, 6.45) is 1.91. The fourth-order valence-electron chi connectivity index (χ4n) is 2.74. The van der Waals surface area contributed by atoms with Crippen LogP contribution in [0.4, 0.5) is 0 Å². The fourth-order valence-corrected chi connectivity index (χ4v) is 4.51. The van der Waals surface area contributed by atoms with E-state index in [9.17, 15) is 8.42 Å². The Hall–Kier alpha value is -1.11. The van der Waals surface area contributed by atoms with Crippen LogP contribution in [0.5, 0.6) is 5.75 Å². The van der Waals surface area contributed by atoms with Crippen LogP contribution in [0.3, 0.4) is 0 Å². The van der Waals surface area contributed by atoms with Crippen LogP contribution in [0, 0.1) is 5.92 Å². The van der Waals surface area contributed by atoms with Crippen LogP contribution >= 0.6 is 0 Å². The zero-order chi connectivity index (χ0) is 14.8. The van der Waals surface area contributed by atoms with Crippen molar-refractivity contribution in [3.05, 3.63) is 24.3 Å². The van der Waals surface area contributed by atoms with Gasteiger partial charge in [0.15, 0.2) is 0 Å². The van der Waals surface area contributed by atoms with Gasteiger partial charge in [-0.2, -0.15) is 4.31 Å². The summed E-state index contributed by atoms with van der Waals surface area (Å²) >= 11 is 0. The minimum atomic E-state index is -3.48.